The second kappa shape index (κ2) is 6.22. The number of phenolic OH excluding ortho intramolecular Hbond substituents is 1. The van der Waals surface area contributed by atoms with E-state index in [1.807, 2.05) is 5.32 Å². The first-order chi connectivity index (χ1) is 10.8. The van der Waals surface area contributed by atoms with Crippen LogP contribution in [0, 0.1) is 27.6 Å². The van der Waals surface area contributed by atoms with E-state index in [1.54, 1.807) is 0 Å². The van der Waals surface area contributed by atoms with Gasteiger partial charge in [-0.2, -0.15) is 0 Å². The largest absolute Gasteiger partial charge is 0.506 e. The molecule has 0 saturated carbocycles. The van der Waals surface area contributed by atoms with E-state index in [-0.39, 0.29) is 11.8 Å². The Kier molecular flexibility index (Phi) is 4.35. The molecule has 0 bridgehead atoms. The summed E-state index contributed by atoms with van der Waals surface area (Å²) in [7, 11) is 0. The van der Waals surface area contributed by atoms with Crippen LogP contribution in [0.15, 0.2) is 30.3 Å². The van der Waals surface area contributed by atoms with E-state index in [0.29, 0.717) is 6.07 Å². The third-order valence-electron chi connectivity index (χ3n) is 2.70. The van der Waals surface area contributed by atoms with Crippen molar-refractivity contribution < 1.29 is 28.0 Å². The number of hydrogen-bond acceptors (Lipinski definition) is 4. The van der Waals surface area contributed by atoms with Crippen LogP contribution in [0.5, 0.6) is 5.75 Å². The molecule has 0 fully saturated rings. The fourth-order valence-electron chi connectivity index (χ4n) is 1.63. The molecule has 0 aliphatic rings. The van der Waals surface area contributed by atoms with Gasteiger partial charge in [-0.15, -0.1) is 0 Å². The van der Waals surface area contributed by atoms with Crippen LogP contribution in [0.1, 0.15) is 0 Å². The number of nitrogens with one attached hydrogen (secondary N) is 2. The average Bonchev–Trinajstić information content (AvgIpc) is 2.46. The van der Waals surface area contributed by atoms with Crippen molar-refractivity contribution in [3.63, 3.8) is 0 Å². The van der Waals surface area contributed by atoms with Gasteiger partial charge in [0, 0.05) is 18.2 Å². The number of benzene rings is 2. The molecule has 0 aliphatic carbocycles. The van der Waals surface area contributed by atoms with Crippen molar-refractivity contribution in [2.45, 2.75) is 0 Å². The predicted molar refractivity (Wildman–Crippen MR) is 73.7 cm³/mol. The molecular weight excluding hydrogens is 319 g/mol. The lowest BCUT2D eigenvalue weighted by Crippen LogP contribution is -2.20. The molecule has 0 aromatic heterocycles. The number of carbonyl (C=O) groups is 1. The first-order valence-electron chi connectivity index (χ1n) is 5.98. The van der Waals surface area contributed by atoms with Crippen molar-refractivity contribution in [2.75, 3.05) is 10.6 Å². The normalized spacial score (nSPS) is 10.2. The number of nitro benzene ring substituents is 1. The van der Waals surface area contributed by atoms with Crippen molar-refractivity contribution in [1.82, 2.24) is 0 Å². The first-order valence-corrected chi connectivity index (χ1v) is 5.98. The minimum atomic E-state index is -1.42. The molecule has 0 unspecified atom stereocenters. The van der Waals surface area contributed by atoms with Crippen molar-refractivity contribution in [1.29, 1.82) is 0 Å². The molecule has 0 spiro atoms. The minimum Gasteiger partial charge on any atom is -0.506 e. The van der Waals surface area contributed by atoms with Crippen LogP contribution in [0.3, 0.4) is 0 Å². The van der Waals surface area contributed by atoms with E-state index >= 15 is 0 Å². The molecule has 0 atom stereocenters. The number of nitrogens with zero attached hydrogens (tertiary/aromatic N) is 1. The number of anilines is 2. The van der Waals surface area contributed by atoms with E-state index in [9.17, 15) is 33.2 Å². The number of nitro groups is 1. The Hall–Kier alpha value is -3.30. The summed E-state index contributed by atoms with van der Waals surface area (Å²) >= 11 is 0. The summed E-state index contributed by atoms with van der Waals surface area (Å²) in [6, 6.07) is 2.50. The van der Waals surface area contributed by atoms with Crippen LogP contribution in [-0.4, -0.2) is 16.1 Å². The second-order valence-corrected chi connectivity index (χ2v) is 4.28. The average molecular weight is 327 g/mol. The van der Waals surface area contributed by atoms with Crippen LogP contribution in [-0.2, 0) is 0 Å². The Morgan fingerprint density at radius 1 is 1.00 bits per heavy atom. The van der Waals surface area contributed by atoms with Crippen molar-refractivity contribution in [2.24, 2.45) is 0 Å². The molecule has 2 aromatic carbocycles. The summed E-state index contributed by atoms with van der Waals surface area (Å²) < 4.78 is 39.1. The van der Waals surface area contributed by atoms with Gasteiger partial charge in [-0.3, -0.25) is 10.1 Å². The molecule has 2 amide bonds. The Balaban J connectivity index is 2.14. The van der Waals surface area contributed by atoms with Gasteiger partial charge in [0.15, 0.2) is 11.6 Å². The van der Waals surface area contributed by atoms with Crippen LogP contribution < -0.4 is 10.6 Å². The highest BCUT2D eigenvalue weighted by atomic mass is 19.2. The van der Waals surface area contributed by atoms with Gasteiger partial charge in [-0.05, 0) is 6.07 Å². The van der Waals surface area contributed by atoms with E-state index in [0.717, 1.165) is 18.2 Å². The molecule has 0 aliphatic heterocycles. The van der Waals surface area contributed by atoms with Crippen LogP contribution in [0.2, 0.25) is 0 Å². The van der Waals surface area contributed by atoms with Gasteiger partial charge in [0.1, 0.15) is 11.6 Å². The molecule has 0 heterocycles. The summed E-state index contributed by atoms with van der Waals surface area (Å²) in [5.41, 5.74) is -1.22. The Morgan fingerprint density at radius 3 is 2.22 bits per heavy atom. The minimum absolute atomic E-state index is 0.198. The quantitative estimate of drug-likeness (QED) is 0.348. The van der Waals surface area contributed by atoms with Gasteiger partial charge in [-0.1, -0.05) is 0 Å². The summed E-state index contributed by atoms with van der Waals surface area (Å²) in [5.74, 6) is -4.58. The van der Waals surface area contributed by atoms with Gasteiger partial charge in [0.2, 0.25) is 0 Å². The molecule has 2 rings (SSSR count). The second-order valence-electron chi connectivity index (χ2n) is 4.28. The zero-order valence-corrected chi connectivity index (χ0v) is 11.1. The summed E-state index contributed by atoms with van der Waals surface area (Å²) in [6.45, 7) is 0. The zero-order chi connectivity index (χ0) is 17.1. The number of halogens is 3. The van der Waals surface area contributed by atoms with E-state index in [1.165, 1.54) is 0 Å². The summed E-state index contributed by atoms with van der Waals surface area (Å²) in [5, 5.41) is 24.1. The van der Waals surface area contributed by atoms with E-state index in [2.05, 4.69) is 5.32 Å². The van der Waals surface area contributed by atoms with Crippen LogP contribution in [0.25, 0.3) is 0 Å². The highest BCUT2D eigenvalue weighted by Crippen LogP contribution is 2.28. The molecule has 2 aromatic rings. The highest BCUT2D eigenvalue weighted by molar-refractivity contribution is 6.00. The van der Waals surface area contributed by atoms with Crippen molar-refractivity contribution in [3.8, 4) is 5.75 Å². The molecule has 120 valence electrons. The monoisotopic (exact) mass is 327 g/mol. The van der Waals surface area contributed by atoms with Crippen LogP contribution in [0.4, 0.5) is 35.0 Å². The fourth-order valence-corrected chi connectivity index (χ4v) is 1.63. The maximum atomic E-state index is 13.4. The molecular formula is C13H8F3N3O4. The number of rotatable bonds is 3. The topological polar surface area (TPSA) is 104 Å². The third kappa shape index (κ3) is 3.67. The van der Waals surface area contributed by atoms with E-state index < -0.39 is 45.5 Å². The predicted octanol–water partition coefficient (Wildman–Crippen LogP) is 3.36. The molecule has 7 nitrogen and oxygen atoms in total. The third-order valence-corrected chi connectivity index (χ3v) is 2.70. The molecule has 23 heavy (non-hydrogen) atoms. The number of urea groups is 1. The molecule has 10 heteroatoms. The number of non-ortho nitro benzene ring substituents is 1. The standard InChI is InChI=1S/C13H8F3N3O4/c14-7-4-9(16)11(5-8(7)15)18-13(21)17-10-2-1-6(19(22)23)3-12(10)20/h1-5,20H,(H2,17,18,21). The van der Waals surface area contributed by atoms with E-state index in [4.69, 9.17) is 0 Å². The lowest BCUT2D eigenvalue weighted by Gasteiger charge is -2.10. The zero-order valence-electron chi connectivity index (χ0n) is 11.1. The molecule has 0 saturated heterocycles. The van der Waals surface area contributed by atoms with Gasteiger partial charge in [0.25, 0.3) is 5.69 Å². The summed E-state index contributed by atoms with van der Waals surface area (Å²) in [6.07, 6.45) is 0. The number of aromatic hydroxyl groups is 1. The number of carbonyl (C=O) groups excluding carboxylic acids is 1. The maximum Gasteiger partial charge on any atom is 0.323 e. The summed E-state index contributed by atoms with van der Waals surface area (Å²) in [4.78, 5) is 21.4. The van der Waals surface area contributed by atoms with Crippen molar-refractivity contribution >= 4 is 23.1 Å². The fraction of sp³-hybridized carbons (Fsp3) is 0. The number of amides is 2. The number of phenols is 1. The Morgan fingerprint density at radius 2 is 1.61 bits per heavy atom. The Labute approximate surface area is 126 Å². The SMILES string of the molecule is O=C(Nc1ccc([N+](=O)[O-])cc1O)Nc1cc(F)c(F)cc1F. The van der Waals surface area contributed by atoms with Gasteiger partial charge in [-0.25, -0.2) is 18.0 Å². The van der Waals surface area contributed by atoms with Gasteiger partial charge < -0.3 is 15.7 Å². The van der Waals surface area contributed by atoms with Crippen LogP contribution >= 0.6 is 0 Å². The highest BCUT2D eigenvalue weighted by Gasteiger charge is 2.15. The molecule has 0 radical (unpaired) electrons. The molecule has 3 N–H and O–H groups in total. The number of hydrogen-bond donors (Lipinski definition) is 3. The van der Waals surface area contributed by atoms with Gasteiger partial charge in [0.05, 0.1) is 22.4 Å². The Bertz CT molecular complexity index is 798. The smallest absolute Gasteiger partial charge is 0.323 e. The van der Waals surface area contributed by atoms with Gasteiger partial charge >= 0.3 is 6.03 Å². The van der Waals surface area contributed by atoms with Crippen molar-refractivity contribution in [3.05, 3.63) is 57.9 Å². The first kappa shape index (κ1) is 16.1. The lowest BCUT2D eigenvalue weighted by molar-refractivity contribution is -0.384. The maximum absolute atomic E-state index is 13.4. The lowest BCUT2D eigenvalue weighted by atomic mass is 10.2.